The predicted molar refractivity (Wildman–Crippen MR) is 75.1 cm³/mol. The van der Waals surface area contributed by atoms with Gasteiger partial charge in [-0.3, -0.25) is 4.99 Å². The van der Waals surface area contributed by atoms with Crippen LogP contribution in [0.5, 0.6) is 0 Å². The SMILES string of the molecule is C=C(N=C/C=C\C)c1ccc2c(c1)C=NOB2O. The zero-order valence-corrected chi connectivity index (χ0v) is 10.1. The Labute approximate surface area is 106 Å². The molecule has 0 unspecified atom stereocenters. The number of benzene rings is 1. The normalized spacial score (nSPS) is 14.0. The van der Waals surface area contributed by atoms with Crippen LogP contribution < -0.4 is 5.46 Å². The standard InChI is InChI=1S/C13H13BN2O2/c1-3-4-7-15-10(2)11-5-6-13-12(8-11)9-16-18-14(13)17/h3-9,17H,2H2,1H3/b4-3-,15-7?. The molecule has 0 atom stereocenters. The molecule has 1 aromatic rings. The average Bonchev–Trinajstić information content (AvgIpc) is 2.39. The summed E-state index contributed by atoms with van der Waals surface area (Å²) in [6.07, 6.45) is 6.98. The third kappa shape index (κ3) is 2.57. The molecule has 1 heterocycles. The Hall–Kier alpha value is -2.14. The minimum absolute atomic E-state index is 0.658. The van der Waals surface area contributed by atoms with E-state index in [4.69, 9.17) is 4.76 Å². The van der Waals surface area contributed by atoms with Crippen molar-refractivity contribution in [3.63, 3.8) is 0 Å². The van der Waals surface area contributed by atoms with E-state index < -0.39 is 7.12 Å². The van der Waals surface area contributed by atoms with Gasteiger partial charge < -0.3 is 9.78 Å². The summed E-state index contributed by atoms with van der Waals surface area (Å²) in [6.45, 7) is 5.82. The number of nitrogens with zero attached hydrogens (tertiary/aromatic N) is 2. The third-order valence-electron chi connectivity index (χ3n) is 2.55. The van der Waals surface area contributed by atoms with E-state index in [1.807, 2.05) is 31.2 Å². The minimum atomic E-state index is -1.00. The maximum Gasteiger partial charge on any atom is 0.583 e. The van der Waals surface area contributed by atoms with Gasteiger partial charge in [-0.1, -0.05) is 24.8 Å². The van der Waals surface area contributed by atoms with Crippen molar-refractivity contribution >= 4 is 30.7 Å². The molecule has 2 rings (SSSR count). The molecule has 18 heavy (non-hydrogen) atoms. The molecule has 90 valence electrons. The molecule has 0 radical (unpaired) electrons. The van der Waals surface area contributed by atoms with E-state index in [1.54, 1.807) is 18.5 Å². The molecule has 5 heteroatoms. The molecule has 0 spiro atoms. The van der Waals surface area contributed by atoms with Gasteiger partial charge in [0.2, 0.25) is 0 Å². The lowest BCUT2D eigenvalue weighted by molar-refractivity contribution is 0.286. The van der Waals surface area contributed by atoms with Crippen LogP contribution in [0, 0.1) is 0 Å². The lowest BCUT2D eigenvalue weighted by Crippen LogP contribution is -2.37. The van der Waals surface area contributed by atoms with E-state index in [2.05, 4.69) is 16.7 Å². The van der Waals surface area contributed by atoms with Crippen LogP contribution in [-0.4, -0.2) is 24.6 Å². The molecule has 4 nitrogen and oxygen atoms in total. The van der Waals surface area contributed by atoms with Crippen molar-refractivity contribution in [2.75, 3.05) is 0 Å². The highest BCUT2D eigenvalue weighted by molar-refractivity contribution is 6.62. The monoisotopic (exact) mass is 240 g/mol. The zero-order chi connectivity index (χ0) is 13.0. The molecule has 1 aliphatic heterocycles. The summed E-state index contributed by atoms with van der Waals surface area (Å²) in [5.41, 5.74) is 3.05. The van der Waals surface area contributed by atoms with E-state index >= 15 is 0 Å². The summed E-state index contributed by atoms with van der Waals surface area (Å²) in [5, 5.41) is 13.2. The van der Waals surface area contributed by atoms with E-state index in [0.29, 0.717) is 11.2 Å². The molecule has 0 bridgehead atoms. The average molecular weight is 240 g/mol. The van der Waals surface area contributed by atoms with Crippen molar-refractivity contribution in [2.45, 2.75) is 6.92 Å². The lowest BCUT2D eigenvalue weighted by atomic mass is 9.76. The van der Waals surface area contributed by atoms with Crippen LogP contribution in [0.1, 0.15) is 18.1 Å². The highest BCUT2D eigenvalue weighted by Gasteiger charge is 2.24. The van der Waals surface area contributed by atoms with Gasteiger partial charge in [0.1, 0.15) is 0 Å². The van der Waals surface area contributed by atoms with Crippen LogP contribution in [-0.2, 0) is 4.76 Å². The first-order valence-corrected chi connectivity index (χ1v) is 5.58. The van der Waals surface area contributed by atoms with Gasteiger partial charge in [-0.25, -0.2) is 0 Å². The molecule has 0 saturated heterocycles. The molecule has 1 aromatic carbocycles. The van der Waals surface area contributed by atoms with Gasteiger partial charge >= 0.3 is 7.12 Å². The van der Waals surface area contributed by atoms with Crippen molar-refractivity contribution in [3.8, 4) is 0 Å². The molecule has 0 aromatic heterocycles. The molecular formula is C13H13BN2O2. The second-order valence-corrected chi connectivity index (χ2v) is 3.79. The number of rotatable bonds is 3. The van der Waals surface area contributed by atoms with Gasteiger partial charge in [0.25, 0.3) is 0 Å². The molecule has 1 aliphatic rings. The number of fused-ring (bicyclic) bond motifs is 1. The van der Waals surface area contributed by atoms with Gasteiger partial charge in [-0.05, 0) is 24.6 Å². The predicted octanol–water partition coefficient (Wildman–Crippen LogP) is 1.36. The van der Waals surface area contributed by atoms with E-state index in [9.17, 15) is 5.02 Å². The first-order chi connectivity index (χ1) is 8.72. The van der Waals surface area contributed by atoms with Crippen LogP contribution in [0.25, 0.3) is 5.70 Å². The van der Waals surface area contributed by atoms with Crippen LogP contribution in [0.3, 0.4) is 0 Å². The van der Waals surface area contributed by atoms with Gasteiger partial charge in [-0.15, -0.1) is 5.16 Å². The summed E-state index contributed by atoms with van der Waals surface area (Å²) in [6, 6.07) is 5.51. The summed E-state index contributed by atoms with van der Waals surface area (Å²) < 4.78 is 4.75. The number of allylic oxidation sites excluding steroid dienone is 2. The van der Waals surface area contributed by atoms with Crippen LogP contribution in [0.15, 0.2) is 47.1 Å². The molecule has 0 fully saturated rings. The van der Waals surface area contributed by atoms with E-state index in [0.717, 1.165) is 11.1 Å². The Morgan fingerprint density at radius 1 is 1.56 bits per heavy atom. The molecule has 0 aliphatic carbocycles. The number of aliphatic imine (C=N–C) groups is 1. The van der Waals surface area contributed by atoms with Gasteiger partial charge in [0.05, 0.1) is 11.9 Å². The summed E-state index contributed by atoms with van der Waals surface area (Å²) in [7, 11) is -1.00. The first kappa shape index (κ1) is 12.3. The molecular weight excluding hydrogens is 227 g/mol. The van der Waals surface area contributed by atoms with Crippen LogP contribution in [0.2, 0.25) is 0 Å². The highest BCUT2D eigenvalue weighted by atomic mass is 16.6. The summed E-state index contributed by atoms with van der Waals surface area (Å²) in [4.78, 5) is 4.21. The second kappa shape index (κ2) is 5.47. The Bertz CT molecular complexity index is 550. The Kier molecular flexibility index (Phi) is 3.74. The first-order valence-electron chi connectivity index (χ1n) is 5.58. The van der Waals surface area contributed by atoms with Crippen molar-refractivity contribution in [1.82, 2.24) is 0 Å². The number of hydrogen-bond donors (Lipinski definition) is 1. The maximum absolute atomic E-state index is 9.57. The quantitative estimate of drug-likeness (QED) is 0.640. The van der Waals surface area contributed by atoms with Gasteiger partial charge in [0.15, 0.2) is 0 Å². The van der Waals surface area contributed by atoms with Gasteiger partial charge in [-0.2, -0.15) is 0 Å². The topological polar surface area (TPSA) is 54.2 Å². The fraction of sp³-hybridized carbons (Fsp3) is 0.0769. The Morgan fingerprint density at radius 2 is 2.39 bits per heavy atom. The van der Waals surface area contributed by atoms with Crippen LogP contribution in [0.4, 0.5) is 0 Å². The third-order valence-corrected chi connectivity index (χ3v) is 2.55. The number of oxime groups is 1. The van der Waals surface area contributed by atoms with Crippen molar-refractivity contribution in [3.05, 3.63) is 48.1 Å². The fourth-order valence-electron chi connectivity index (χ4n) is 1.59. The minimum Gasteiger partial charge on any atom is -0.427 e. The van der Waals surface area contributed by atoms with E-state index in [-0.39, 0.29) is 0 Å². The van der Waals surface area contributed by atoms with Crippen molar-refractivity contribution in [2.24, 2.45) is 10.1 Å². The smallest absolute Gasteiger partial charge is 0.427 e. The summed E-state index contributed by atoms with van der Waals surface area (Å²) >= 11 is 0. The number of hydrogen-bond acceptors (Lipinski definition) is 4. The highest BCUT2D eigenvalue weighted by Crippen LogP contribution is 2.15. The maximum atomic E-state index is 9.57. The fourth-order valence-corrected chi connectivity index (χ4v) is 1.59. The zero-order valence-electron chi connectivity index (χ0n) is 10.1. The summed E-state index contributed by atoms with van der Waals surface area (Å²) in [5.74, 6) is 0. The molecule has 0 amide bonds. The Morgan fingerprint density at radius 3 is 3.17 bits per heavy atom. The van der Waals surface area contributed by atoms with Gasteiger partial charge in [0, 0.05) is 17.2 Å². The van der Waals surface area contributed by atoms with Crippen molar-refractivity contribution < 1.29 is 9.78 Å². The lowest BCUT2D eigenvalue weighted by Gasteiger charge is -2.13. The Balaban J connectivity index is 2.27. The van der Waals surface area contributed by atoms with Crippen molar-refractivity contribution in [1.29, 1.82) is 0 Å². The molecule has 0 saturated carbocycles. The largest absolute Gasteiger partial charge is 0.583 e. The second-order valence-electron chi connectivity index (χ2n) is 3.79. The van der Waals surface area contributed by atoms with E-state index in [1.165, 1.54) is 0 Å². The molecule has 1 N–H and O–H groups in total. The van der Waals surface area contributed by atoms with Crippen LogP contribution >= 0.6 is 0 Å².